The molecule has 3 aromatic rings. The van der Waals surface area contributed by atoms with Crippen LogP contribution in [0.1, 0.15) is 47.9 Å². The van der Waals surface area contributed by atoms with E-state index in [1.54, 1.807) is 0 Å². The molecule has 2 heterocycles. The summed E-state index contributed by atoms with van der Waals surface area (Å²) in [5.74, 6) is 0. The van der Waals surface area contributed by atoms with Gasteiger partial charge in [0, 0.05) is 23.5 Å². The molecule has 2 aromatic heterocycles. The van der Waals surface area contributed by atoms with Crippen molar-refractivity contribution >= 4 is 0 Å². The van der Waals surface area contributed by atoms with Crippen molar-refractivity contribution in [3.8, 4) is 22.5 Å². The molecule has 1 aromatic carbocycles. The Bertz CT molecular complexity index is 862. The van der Waals surface area contributed by atoms with Crippen LogP contribution in [0, 0.1) is 0 Å². The highest BCUT2D eigenvalue weighted by atomic mass is 14.7. The Morgan fingerprint density at radius 1 is 0.500 bits per heavy atom. The first kappa shape index (κ1) is 15.7. The first-order valence-electron chi connectivity index (χ1n) is 9.94. The van der Waals surface area contributed by atoms with Crippen molar-refractivity contribution < 1.29 is 0 Å². The maximum Gasteiger partial charge on any atom is 0.0736 e. The third kappa shape index (κ3) is 2.74. The smallest absolute Gasteiger partial charge is 0.0736 e. The van der Waals surface area contributed by atoms with Gasteiger partial charge in [-0.05, 0) is 85.8 Å². The maximum absolute atomic E-state index is 4.72. The molecule has 0 fully saturated rings. The Kier molecular flexibility index (Phi) is 4.05. The summed E-state index contributed by atoms with van der Waals surface area (Å²) in [6.07, 6.45) is 13.8. The highest BCUT2D eigenvalue weighted by molar-refractivity contribution is 5.71. The molecule has 2 aliphatic carbocycles. The number of fused-ring (bicyclic) bond motifs is 2. The standard InChI is InChI=1S/C24H24N2/c1-3-7-21-17(5-1)13-15-25-23(21)19-9-11-20(12-10-19)24-22-8-4-2-6-18(22)14-16-26-24/h9-16H,1-8H2. The summed E-state index contributed by atoms with van der Waals surface area (Å²) in [6.45, 7) is 0. The molecular weight excluding hydrogens is 316 g/mol. The topological polar surface area (TPSA) is 25.8 Å². The molecular formula is C24H24N2. The van der Waals surface area contributed by atoms with Crippen molar-refractivity contribution in [2.45, 2.75) is 51.4 Å². The molecule has 2 aliphatic rings. The van der Waals surface area contributed by atoms with Crippen LogP contribution in [0.15, 0.2) is 48.8 Å². The van der Waals surface area contributed by atoms with Crippen molar-refractivity contribution in [3.63, 3.8) is 0 Å². The van der Waals surface area contributed by atoms with Crippen LogP contribution in [0.2, 0.25) is 0 Å². The summed E-state index contributed by atoms with van der Waals surface area (Å²) >= 11 is 0. The molecule has 0 radical (unpaired) electrons. The Hall–Kier alpha value is -2.48. The van der Waals surface area contributed by atoms with Crippen molar-refractivity contribution in [3.05, 3.63) is 71.0 Å². The lowest BCUT2D eigenvalue weighted by atomic mass is 9.87. The van der Waals surface area contributed by atoms with Gasteiger partial charge in [0.1, 0.15) is 0 Å². The first-order valence-corrected chi connectivity index (χ1v) is 9.94. The molecule has 0 aliphatic heterocycles. The van der Waals surface area contributed by atoms with Gasteiger partial charge < -0.3 is 0 Å². The fraction of sp³-hybridized carbons (Fsp3) is 0.333. The van der Waals surface area contributed by atoms with Crippen LogP contribution >= 0.6 is 0 Å². The summed E-state index contributed by atoms with van der Waals surface area (Å²) in [4.78, 5) is 9.44. The van der Waals surface area contributed by atoms with Gasteiger partial charge in [0.15, 0.2) is 0 Å². The Morgan fingerprint density at radius 2 is 0.923 bits per heavy atom. The minimum atomic E-state index is 1.16. The molecule has 0 unspecified atom stereocenters. The highest BCUT2D eigenvalue weighted by Crippen LogP contribution is 2.33. The monoisotopic (exact) mass is 340 g/mol. The van der Waals surface area contributed by atoms with Gasteiger partial charge in [0.05, 0.1) is 11.4 Å². The minimum absolute atomic E-state index is 1.16. The van der Waals surface area contributed by atoms with Crippen molar-refractivity contribution in [1.29, 1.82) is 0 Å². The van der Waals surface area contributed by atoms with Crippen LogP contribution in [-0.4, -0.2) is 9.97 Å². The fourth-order valence-corrected chi connectivity index (χ4v) is 4.61. The van der Waals surface area contributed by atoms with Gasteiger partial charge in [-0.15, -0.1) is 0 Å². The Morgan fingerprint density at radius 3 is 1.38 bits per heavy atom. The van der Waals surface area contributed by atoms with E-state index in [0.29, 0.717) is 0 Å². The van der Waals surface area contributed by atoms with Crippen LogP contribution in [0.4, 0.5) is 0 Å². The van der Waals surface area contributed by atoms with Gasteiger partial charge in [0.25, 0.3) is 0 Å². The predicted molar refractivity (Wildman–Crippen MR) is 106 cm³/mol. The zero-order chi connectivity index (χ0) is 17.3. The number of rotatable bonds is 2. The van der Waals surface area contributed by atoms with Crippen molar-refractivity contribution in [2.75, 3.05) is 0 Å². The normalized spacial score (nSPS) is 16.0. The fourth-order valence-electron chi connectivity index (χ4n) is 4.61. The number of pyridine rings is 2. The van der Waals surface area contributed by atoms with Gasteiger partial charge in [-0.3, -0.25) is 9.97 Å². The van der Waals surface area contributed by atoms with E-state index < -0.39 is 0 Å². The van der Waals surface area contributed by atoms with E-state index in [1.165, 1.54) is 83.3 Å². The average molecular weight is 340 g/mol. The summed E-state index contributed by atoms with van der Waals surface area (Å²) in [5, 5.41) is 0. The lowest BCUT2D eigenvalue weighted by molar-refractivity contribution is 0.683. The third-order valence-electron chi connectivity index (χ3n) is 5.98. The molecule has 26 heavy (non-hydrogen) atoms. The summed E-state index contributed by atoms with van der Waals surface area (Å²) in [5.41, 5.74) is 10.7. The van der Waals surface area contributed by atoms with E-state index in [1.807, 2.05) is 12.4 Å². The molecule has 2 heteroatoms. The van der Waals surface area contributed by atoms with Crippen LogP contribution in [0.3, 0.4) is 0 Å². The van der Waals surface area contributed by atoms with Gasteiger partial charge in [-0.1, -0.05) is 24.3 Å². The molecule has 0 amide bonds. The van der Waals surface area contributed by atoms with E-state index in [4.69, 9.17) is 9.97 Å². The Balaban J connectivity index is 1.53. The number of aromatic nitrogens is 2. The first-order chi connectivity index (χ1) is 12.9. The number of aryl methyl sites for hydroxylation is 2. The van der Waals surface area contributed by atoms with E-state index >= 15 is 0 Å². The predicted octanol–water partition coefficient (Wildman–Crippen LogP) is 5.57. The molecule has 0 saturated heterocycles. The second-order valence-corrected chi connectivity index (χ2v) is 7.59. The molecule has 0 bridgehead atoms. The van der Waals surface area contributed by atoms with Crippen molar-refractivity contribution in [1.82, 2.24) is 9.97 Å². The molecule has 0 saturated carbocycles. The molecule has 0 N–H and O–H groups in total. The van der Waals surface area contributed by atoms with Gasteiger partial charge >= 0.3 is 0 Å². The molecule has 2 nitrogen and oxygen atoms in total. The lowest BCUT2D eigenvalue weighted by Crippen LogP contribution is -2.06. The van der Waals surface area contributed by atoms with E-state index in [2.05, 4.69) is 36.4 Å². The molecule has 130 valence electrons. The van der Waals surface area contributed by atoms with Gasteiger partial charge in [-0.25, -0.2) is 0 Å². The lowest BCUT2D eigenvalue weighted by Gasteiger charge is -2.19. The number of hydrogen-bond acceptors (Lipinski definition) is 2. The van der Waals surface area contributed by atoms with E-state index in [0.717, 1.165) is 12.8 Å². The number of nitrogens with zero attached hydrogens (tertiary/aromatic N) is 2. The summed E-state index contributed by atoms with van der Waals surface area (Å²) in [6, 6.07) is 13.3. The van der Waals surface area contributed by atoms with Crippen molar-refractivity contribution in [2.24, 2.45) is 0 Å². The molecule has 0 atom stereocenters. The zero-order valence-corrected chi connectivity index (χ0v) is 15.2. The average Bonchev–Trinajstić information content (AvgIpc) is 2.73. The number of benzene rings is 1. The Labute approximate surface area is 155 Å². The second kappa shape index (κ2) is 6.68. The molecule has 0 spiro atoms. The van der Waals surface area contributed by atoms with Gasteiger partial charge in [0.2, 0.25) is 0 Å². The van der Waals surface area contributed by atoms with Crippen LogP contribution < -0.4 is 0 Å². The van der Waals surface area contributed by atoms with E-state index in [9.17, 15) is 0 Å². The van der Waals surface area contributed by atoms with Crippen LogP contribution in [-0.2, 0) is 25.7 Å². The van der Waals surface area contributed by atoms with Crippen LogP contribution in [0.25, 0.3) is 22.5 Å². The summed E-state index contributed by atoms with van der Waals surface area (Å²) < 4.78 is 0. The van der Waals surface area contributed by atoms with Gasteiger partial charge in [-0.2, -0.15) is 0 Å². The minimum Gasteiger partial charge on any atom is -0.256 e. The molecule has 5 rings (SSSR count). The second-order valence-electron chi connectivity index (χ2n) is 7.59. The largest absolute Gasteiger partial charge is 0.256 e. The quantitative estimate of drug-likeness (QED) is 0.609. The highest BCUT2D eigenvalue weighted by Gasteiger charge is 2.17. The van der Waals surface area contributed by atoms with Crippen LogP contribution in [0.5, 0.6) is 0 Å². The SMILES string of the molecule is c1cc2c(c(-c3ccc(-c4nccc5c4CCCC5)cc3)n1)CCCC2. The zero-order valence-electron chi connectivity index (χ0n) is 15.2. The van der Waals surface area contributed by atoms with E-state index in [-0.39, 0.29) is 0 Å². The maximum atomic E-state index is 4.72. The third-order valence-corrected chi connectivity index (χ3v) is 5.98. The summed E-state index contributed by atoms with van der Waals surface area (Å²) in [7, 11) is 0. The number of hydrogen-bond donors (Lipinski definition) is 0.